The van der Waals surface area contributed by atoms with Crippen molar-refractivity contribution in [3.8, 4) is 11.5 Å². The summed E-state index contributed by atoms with van der Waals surface area (Å²) in [7, 11) is 1.48. The van der Waals surface area contributed by atoms with Crippen molar-refractivity contribution in [2.75, 3.05) is 14.2 Å². The zero-order chi connectivity index (χ0) is 31.4. The summed E-state index contributed by atoms with van der Waals surface area (Å²) in [6.07, 6.45) is 12.1. The van der Waals surface area contributed by atoms with Gasteiger partial charge in [0, 0.05) is 29.9 Å². The smallest absolute Gasteiger partial charge is 0.306 e. The molecule has 2 aromatic rings. The van der Waals surface area contributed by atoms with E-state index in [-0.39, 0.29) is 30.0 Å². The Hall–Kier alpha value is -3.09. The second-order valence-electron chi connectivity index (χ2n) is 12.5. The van der Waals surface area contributed by atoms with Crippen molar-refractivity contribution in [1.82, 2.24) is 0 Å². The Bertz CT molecular complexity index is 1260. The highest BCUT2D eigenvalue weighted by molar-refractivity contribution is 6.84. The predicted molar refractivity (Wildman–Crippen MR) is 179 cm³/mol. The van der Waals surface area contributed by atoms with E-state index in [1.807, 2.05) is 18.2 Å². The van der Waals surface area contributed by atoms with Gasteiger partial charge in [0.15, 0.2) is 0 Å². The second kappa shape index (κ2) is 16.7. The molecule has 0 N–H and O–H groups in total. The Kier molecular flexibility index (Phi) is 13.3. The first-order chi connectivity index (χ1) is 20.5. The maximum atomic E-state index is 12.9. The monoisotopic (exact) mass is 604 g/mol. The van der Waals surface area contributed by atoms with Gasteiger partial charge in [0.1, 0.15) is 17.6 Å². The van der Waals surface area contributed by atoms with Gasteiger partial charge >= 0.3 is 5.97 Å². The summed E-state index contributed by atoms with van der Waals surface area (Å²) < 4.78 is 23.4. The summed E-state index contributed by atoms with van der Waals surface area (Å²) in [6.45, 7) is 13.8. The lowest BCUT2D eigenvalue weighted by Gasteiger charge is -2.29. The molecule has 1 aliphatic heterocycles. The van der Waals surface area contributed by atoms with Crippen molar-refractivity contribution in [2.45, 2.75) is 91.3 Å². The summed E-state index contributed by atoms with van der Waals surface area (Å²) in [5.41, 5.74) is 3.41. The first kappa shape index (κ1) is 34.4. The number of benzene rings is 2. The number of ether oxygens (including phenoxy) is 4. The summed E-state index contributed by atoms with van der Waals surface area (Å²) in [5.74, 6) is 1.53. The van der Waals surface area contributed by atoms with Crippen molar-refractivity contribution >= 4 is 14.0 Å². The number of methoxy groups -OCH3 is 2. The molecular formula is C37H52O5Si. The van der Waals surface area contributed by atoms with E-state index in [0.29, 0.717) is 13.0 Å². The molecule has 5 nitrogen and oxygen atoms in total. The number of allylic oxidation sites excluding steroid dienone is 3. The van der Waals surface area contributed by atoms with E-state index in [0.717, 1.165) is 47.9 Å². The average Bonchev–Trinajstić information content (AvgIpc) is 2.98. The van der Waals surface area contributed by atoms with E-state index in [4.69, 9.17) is 18.9 Å². The number of carbonyl (C=O) groups excluding carboxylic acids is 1. The van der Waals surface area contributed by atoms with Crippen molar-refractivity contribution in [3.63, 3.8) is 0 Å². The number of carbonyl (C=O) groups is 1. The molecule has 234 valence electrons. The molecule has 1 unspecified atom stereocenters. The minimum atomic E-state index is -1.82. The molecule has 3 rings (SSSR count). The Balaban J connectivity index is 1.82. The van der Waals surface area contributed by atoms with Crippen LogP contribution in [-0.2, 0) is 26.9 Å². The van der Waals surface area contributed by atoms with E-state index in [1.54, 1.807) is 14.2 Å². The van der Waals surface area contributed by atoms with Gasteiger partial charge in [-0.1, -0.05) is 92.3 Å². The molecule has 0 saturated heterocycles. The molecule has 4 atom stereocenters. The molecule has 0 aromatic heterocycles. The minimum absolute atomic E-state index is 0.0359. The SMILES string of the molecule is COc1ccc(CO[C@H](C)[C@@H](C)/C=C(\C)C2OC(=O)CCCC/C=C/C([Si](C)(C)Cc3ccccc3)=C\[C@@H]2C)c(OC)c1. The topological polar surface area (TPSA) is 54.0 Å². The van der Waals surface area contributed by atoms with Gasteiger partial charge in [-0.05, 0) is 56.9 Å². The van der Waals surface area contributed by atoms with Crippen molar-refractivity contribution in [1.29, 1.82) is 0 Å². The van der Waals surface area contributed by atoms with Crippen LogP contribution in [0.25, 0.3) is 0 Å². The summed E-state index contributed by atoms with van der Waals surface area (Å²) in [6, 6.07) is 17.6. The quantitative estimate of drug-likeness (QED) is 0.146. The molecule has 0 bridgehead atoms. The van der Waals surface area contributed by atoms with Crippen LogP contribution in [-0.4, -0.2) is 40.5 Å². The number of hydrogen-bond acceptors (Lipinski definition) is 5. The van der Waals surface area contributed by atoms with Crippen LogP contribution in [0.4, 0.5) is 0 Å². The average molecular weight is 605 g/mol. The molecule has 6 heteroatoms. The summed E-state index contributed by atoms with van der Waals surface area (Å²) in [4.78, 5) is 12.9. The first-order valence-electron chi connectivity index (χ1n) is 15.7. The normalized spacial score (nSPS) is 22.2. The van der Waals surface area contributed by atoms with Crippen LogP contribution in [0.5, 0.6) is 11.5 Å². The Morgan fingerprint density at radius 3 is 2.51 bits per heavy atom. The van der Waals surface area contributed by atoms with Gasteiger partial charge < -0.3 is 18.9 Å². The van der Waals surface area contributed by atoms with Crippen LogP contribution in [0.3, 0.4) is 0 Å². The Morgan fingerprint density at radius 1 is 1.07 bits per heavy atom. The third kappa shape index (κ3) is 10.5. The van der Waals surface area contributed by atoms with Crippen LogP contribution >= 0.6 is 0 Å². The minimum Gasteiger partial charge on any atom is -0.497 e. The van der Waals surface area contributed by atoms with Gasteiger partial charge in [-0.15, -0.1) is 0 Å². The van der Waals surface area contributed by atoms with Gasteiger partial charge in [0.05, 0.1) is 35.0 Å². The molecule has 0 fully saturated rings. The number of cyclic esters (lactones) is 1. The lowest BCUT2D eigenvalue weighted by atomic mass is 9.93. The molecule has 1 aliphatic rings. The third-order valence-corrected chi connectivity index (χ3v) is 11.6. The van der Waals surface area contributed by atoms with Gasteiger partial charge in [0.25, 0.3) is 0 Å². The van der Waals surface area contributed by atoms with E-state index in [2.05, 4.69) is 95.4 Å². The highest BCUT2D eigenvalue weighted by Gasteiger charge is 2.29. The van der Waals surface area contributed by atoms with Gasteiger partial charge in [-0.3, -0.25) is 4.79 Å². The van der Waals surface area contributed by atoms with Crippen molar-refractivity contribution in [3.05, 3.63) is 94.7 Å². The fourth-order valence-corrected chi connectivity index (χ4v) is 8.38. The first-order valence-corrected chi connectivity index (χ1v) is 18.9. The zero-order valence-corrected chi connectivity index (χ0v) is 28.5. The van der Waals surface area contributed by atoms with Crippen LogP contribution in [0.1, 0.15) is 64.5 Å². The standard InChI is InChI=1S/C37H52O5Si/c1-27(30(4)41-25-32-20-21-33(39-5)24-35(32)40-6)22-28(2)37-29(3)23-34(18-14-9-10-15-19-36(38)42-37)43(7,8)26-31-16-12-11-13-17-31/h11-14,16-18,20-24,27,29-30,37H,9-10,15,19,25-26H2,1-8H3/b18-14+,28-22+,34-23+/t27-,29-,30+,37?/m0/s1. The fourth-order valence-electron chi connectivity index (χ4n) is 5.63. The lowest BCUT2D eigenvalue weighted by molar-refractivity contribution is -0.148. The number of hydrogen-bond donors (Lipinski definition) is 0. The molecule has 0 radical (unpaired) electrons. The molecule has 1 heterocycles. The highest BCUT2D eigenvalue weighted by Crippen LogP contribution is 2.30. The number of esters is 1. The van der Waals surface area contributed by atoms with Crippen molar-refractivity contribution < 1.29 is 23.7 Å². The van der Waals surface area contributed by atoms with Crippen LogP contribution in [0, 0.1) is 11.8 Å². The summed E-state index contributed by atoms with van der Waals surface area (Å²) >= 11 is 0. The van der Waals surface area contributed by atoms with Crippen molar-refractivity contribution in [2.24, 2.45) is 11.8 Å². The van der Waals surface area contributed by atoms with Gasteiger partial charge in [-0.25, -0.2) is 0 Å². The molecule has 0 spiro atoms. The fraction of sp³-hybridized carbons (Fsp3) is 0.486. The second-order valence-corrected chi connectivity index (χ2v) is 17.2. The molecule has 43 heavy (non-hydrogen) atoms. The maximum absolute atomic E-state index is 12.9. The third-order valence-electron chi connectivity index (χ3n) is 8.46. The molecular weight excluding hydrogens is 552 g/mol. The van der Waals surface area contributed by atoms with Crippen LogP contribution < -0.4 is 9.47 Å². The van der Waals surface area contributed by atoms with Gasteiger partial charge in [0.2, 0.25) is 0 Å². The molecule has 0 aliphatic carbocycles. The molecule has 0 amide bonds. The van der Waals surface area contributed by atoms with Crippen LogP contribution in [0.2, 0.25) is 13.1 Å². The Morgan fingerprint density at radius 2 is 1.81 bits per heavy atom. The van der Waals surface area contributed by atoms with E-state index >= 15 is 0 Å². The molecule has 2 aromatic carbocycles. The number of rotatable bonds is 11. The Labute approximate surface area is 261 Å². The largest absolute Gasteiger partial charge is 0.497 e. The zero-order valence-electron chi connectivity index (χ0n) is 27.5. The molecule has 0 saturated carbocycles. The lowest BCUT2D eigenvalue weighted by Crippen LogP contribution is -2.34. The van der Waals surface area contributed by atoms with E-state index < -0.39 is 8.07 Å². The summed E-state index contributed by atoms with van der Waals surface area (Å²) in [5, 5.41) is 1.41. The predicted octanol–water partition coefficient (Wildman–Crippen LogP) is 8.83. The van der Waals surface area contributed by atoms with E-state index in [9.17, 15) is 4.79 Å². The van der Waals surface area contributed by atoms with E-state index in [1.165, 1.54) is 10.8 Å². The maximum Gasteiger partial charge on any atom is 0.306 e. The van der Waals surface area contributed by atoms with Gasteiger partial charge in [-0.2, -0.15) is 0 Å². The van der Waals surface area contributed by atoms with Crippen LogP contribution in [0.15, 0.2) is 83.6 Å². The highest BCUT2D eigenvalue weighted by atomic mass is 28.3.